The van der Waals surface area contributed by atoms with Crippen LogP contribution in [0.1, 0.15) is 64.9 Å². The van der Waals surface area contributed by atoms with Crippen LogP contribution in [0.3, 0.4) is 0 Å². The summed E-state index contributed by atoms with van der Waals surface area (Å²) in [5, 5.41) is 3.64. The highest BCUT2D eigenvalue weighted by atomic mass is 14.9. The van der Waals surface area contributed by atoms with Gasteiger partial charge in [0.2, 0.25) is 0 Å². The molecule has 2 heterocycles. The Morgan fingerprint density at radius 1 is 1.03 bits per heavy atom. The maximum atomic E-state index is 4.86. The van der Waals surface area contributed by atoms with Gasteiger partial charge in [0.25, 0.3) is 0 Å². The van der Waals surface area contributed by atoms with Gasteiger partial charge < -0.3 is 10.3 Å². The zero-order valence-electron chi connectivity index (χ0n) is 18.3. The van der Waals surface area contributed by atoms with E-state index in [1.807, 2.05) is 12.4 Å². The Morgan fingerprint density at radius 2 is 1.90 bits per heavy atom. The number of hydrogen-bond acceptors (Lipinski definition) is 3. The number of benzene rings is 1. The molecule has 3 rings (SSSR count). The quantitative estimate of drug-likeness (QED) is 0.477. The zero-order chi connectivity index (χ0) is 20.6. The third kappa shape index (κ3) is 5.77. The lowest BCUT2D eigenvalue weighted by Crippen LogP contribution is -2.21. The van der Waals surface area contributed by atoms with Crippen molar-refractivity contribution in [3.05, 3.63) is 82.2 Å². The lowest BCUT2D eigenvalue weighted by molar-refractivity contribution is 0.584. The number of hydrogen-bond donors (Lipinski definition) is 2. The molecule has 29 heavy (non-hydrogen) atoms. The number of aryl methyl sites for hydroxylation is 5. The molecule has 4 heteroatoms. The number of pyridine rings is 1. The van der Waals surface area contributed by atoms with E-state index in [0.717, 1.165) is 38.8 Å². The molecule has 154 valence electrons. The number of H-pyrrole nitrogens is 1. The largest absolute Gasteiger partial charge is 0.348 e. The first-order valence-corrected chi connectivity index (χ1v) is 10.8. The Balaban J connectivity index is 1.69. The molecule has 1 atom stereocenters. The van der Waals surface area contributed by atoms with Crippen LogP contribution in [-0.4, -0.2) is 28.0 Å². The predicted octanol–water partition coefficient (Wildman–Crippen LogP) is 5.04. The SMILES string of the molecule is CCc1cc(C)ccc1C(CCNCCCc1cnc[nH]1)c1ncc(C)cc1C. The lowest BCUT2D eigenvalue weighted by Gasteiger charge is -2.22. The average Bonchev–Trinajstić information content (AvgIpc) is 3.22. The minimum absolute atomic E-state index is 0.325. The van der Waals surface area contributed by atoms with Crippen molar-refractivity contribution >= 4 is 0 Å². The summed E-state index contributed by atoms with van der Waals surface area (Å²) >= 11 is 0. The summed E-state index contributed by atoms with van der Waals surface area (Å²) in [6.45, 7) is 10.7. The van der Waals surface area contributed by atoms with E-state index in [2.05, 4.69) is 67.2 Å². The average molecular weight is 391 g/mol. The Bertz CT molecular complexity index is 899. The van der Waals surface area contributed by atoms with Crippen LogP contribution in [0.4, 0.5) is 0 Å². The highest BCUT2D eigenvalue weighted by Crippen LogP contribution is 2.32. The Kier molecular flexibility index (Phi) is 7.59. The molecule has 2 N–H and O–H groups in total. The second-order valence-corrected chi connectivity index (χ2v) is 8.04. The smallest absolute Gasteiger partial charge is 0.0921 e. The summed E-state index contributed by atoms with van der Waals surface area (Å²) in [6.07, 6.45) is 9.91. The van der Waals surface area contributed by atoms with E-state index in [4.69, 9.17) is 4.98 Å². The summed E-state index contributed by atoms with van der Waals surface area (Å²) < 4.78 is 0. The summed E-state index contributed by atoms with van der Waals surface area (Å²) in [5.41, 5.74) is 9.13. The molecule has 2 aromatic heterocycles. The van der Waals surface area contributed by atoms with Gasteiger partial charge in [-0.25, -0.2) is 4.98 Å². The van der Waals surface area contributed by atoms with Crippen LogP contribution in [0.5, 0.6) is 0 Å². The topological polar surface area (TPSA) is 53.6 Å². The Hall–Kier alpha value is -2.46. The Labute approximate surface area is 175 Å². The van der Waals surface area contributed by atoms with Crippen molar-refractivity contribution in [1.29, 1.82) is 0 Å². The first kappa shape index (κ1) is 21.3. The van der Waals surface area contributed by atoms with Crippen LogP contribution in [0, 0.1) is 20.8 Å². The molecule has 0 aliphatic carbocycles. The molecule has 0 aliphatic heterocycles. The van der Waals surface area contributed by atoms with Gasteiger partial charge in [0, 0.05) is 24.0 Å². The molecule has 0 saturated carbocycles. The number of nitrogens with one attached hydrogen (secondary N) is 2. The summed E-state index contributed by atoms with van der Waals surface area (Å²) in [7, 11) is 0. The van der Waals surface area contributed by atoms with Crippen LogP contribution >= 0.6 is 0 Å². The zero-order valence-corrected chi connectivity index (χ0v) is 18.3. The molecule has 0 saturated heterocycles. The van der Waals surface area contributed by atoms with Crippen molar-refractivity contribution in [2.45, 2.75) is 59.3 Å². The molecular formula is C25H34N4. The van der Waals surface area contributed by atoms with Gasteiger partial charge in [-0.3, -0.25) is 4.98 Å². The van der Waals surface area contributed by atoms with Crippen LogP contribution < -0.4 is 5.32 Å². The number of aromatic nitrogens is 3. The number of aromatic amines is 1. The second kappa shape index (κ2) is 10.4. The summed E-state index contributed by atoms with van der Waals surface area (Å²) in [5.74, 6) is 0.325. The number of imidazole rings is 1. The van der Waals surface area contributed by atoms with Gasteiger partial charge in [0.1, 0.15) is 0 Å². The van der Waals surface area contributed by atoms with Crippen molar-refractivity contribution in [1.82, 2.24) is 20.3 Å². The molecule has 1 aromatic carbocycles. The van der Waals surface area contributed by atoms with E-state index >= 15 is 0 Å². The van der Waals surface area contributed by atoms with Crippen LogP contribution in [0.2, 0.25) is 0 Å². The van der Waals surface area contributed by atoms with Gasteiger partial charge in [-0.2, -0.15) is 0 Å². The van der Waals surface area contributed by atoms with Gasteiger partial charge in [-0.1, -0.05) is 36.8 Å². The fourth-order valence-corrected chi connectivity index (χ4v) is 4.11. The van der Waals surface area contributed by atoms with Crippen molar-refractivity contribution in [2.75, 3.05) is 13.1 Å². The molecule has 3 aromatic rings. The normalized spacial score (nSPS) is 12.3. The third-order valence-corrected chi connectivity index (χ3v) is 5.60. The third-order valence-electron chi connectivity index (χ3n) is 5.60. The Morgan fingerprint density at radius 3 is 2.62 bits per heavy atom. The van der Waals surface area contributed by atoms with Crippen molar-refractivity contribution < 1.29 is 0 Å². The first-order valence-electron chi connectivity index (χ1n) is 10.8. The van der Waals surface area contributed by atoms with Gasteiger partial charge in [0.05, 0.1) is 12.0 Å². The molecule has 1 unspecified atom stereocenters. The standard InChI is InChI=1S/C25H34N4/c1-5-21-14-18(2)8-9-23(21)24(25-20(4)13-19(3)15-28-25)10-12-26-11-6-7-22-16-27-17-29-22/h8-9,13-17,24,26H,5-7,10-12H2,1-4H3,(H,27,29). The maximum Gasteiger partial charge on any atom is 0.0921 e. The van der Waals surface area contributed by atoms with E-state index in [-0.39, 0.29) is 0 Å². The van der Waals surface area contributed by atoms with Gasteiger partial charge >= 0.3 is 0 Å². The molecular weight excluding hydrogens is 356 g/mol. The fourth-order valence-electron chi connectivity index (χ4n) is 4.11. The van der Waals surface area contributed by atoms with E-state index in [1.54, 1.807) is 6.33 Å². The van der Waals surface area contributed by atoms with E-state index < -0.39 is 0 Å². The molecule has 0 radical (unpaired) electrons. The highest BCUT2D eigenvalue weighted by Gasteiger charge is 2.20. The minimum atomic E-state index is 0.325. The predicted molar refractivity (Wildman–Crippen MR) is 121 cm³/mol. The van der Waals surface area contributed by atoms with Crippen LogP contribution in [-0.2, 0) is 12.8 Å². The monoisotopic (exact) mass is 390 g/mol. The van der Waals surface area contributed by atoms with Gasteiger partial charge in [-0.15, -0.1) is 0 Å². The molecule has 0 spiro atoms. The van der Waals surface area contributed by atoms with E-state index in [1.165, 1.54) is 39.2 Å². The van der Waals surface area contributed by atoms with Gasteiger partial charge in [-0.05, 0) is 81.8 Å². The maximum absolute atomic E-state index is 4.86. The molecule has 4 nitrogen and oxygen atoms in total. The van der Waals surface area contributed by atoms with E-state index in [9.17, 15) is 0 Å². The van der Waals surface area contributed by atoms with E-state index in [0.29, 0.717) is 5.92 Å². The molecule has 0 amide bonds. The highest BCUT2D eigenvalue weighted by molar-refractivity contribution is 5.41. The first-order chi connectivity index (χ1) is 14.1. The van der Waals surface area contributed by atoms with Crippen molar-refractivity contribution in [3.63, 3.8) is 0 Å². The summed E-state index contributed by atoms with van der Waals surface area (Å²) in [4.78, 5) is 12.1. The van der Waals surface area contributed by atoms with Crippen LogP contribution in [0.25, 0.3) is 0 Å². The van der Waals surface area contributed by atoms with Crippen LogP contribution in [0.15, 0.2) is 43.0 Å². The second-order valence-electron chi connectivity index (χ2n) is 8.04. The van der Waals surface area contributed by atoms with Crippen molar-refractivity contribution in [3.8, 4) is 0 Å². The number of rotatable bonds is 10. The lowest BCUT2D eigenvalue weighted by atomic mass is 9.85. The fraction of sp³-hybridized carbons (Fsp3) is 0.440. The number of nitrogens with zero attached hydrogens (tertiary/aromatic N) is 2. The molecule has 0 fully saturated rings. The molecule has 0 aliphatic rings. The van der Waals surface area contributed by atoms with Crippen molar-refractivity contribution in [2.24, 2.45) is 0 Å². The van der Waals surface area contributed by atoms with Gasteiger partial charge in [0.15, 0.2) is 0 Å². The minimum Gasteiger partial charge on any atom is -0.348 e. The summed E-state index contributed by atoms with van der Waals surface area (Å²) in [6, 6.07) is 9.15. The molecule has 0 bridgehead atoms.